The van der Waals surface area contributed by atoms with Crippen LogP contribution in [0.2, 0.25) is 0 Å². The molecule has 0 aliphatic carbocycles. The predicted octanol–water partition coefficient (Wildman–Crippen LogP) is 2.48. The zero-order valence-corrected chi connectivity index (χ0v) is 12.4. The zero-order chi connectivity index (χ0) is 14.8. The average molecular weight is 277 g/mol. The third-order valence-corrected chi connectivity index (χ3v) is 3.33. The smallest absolute Gasteiger partial charge is 0.410 e. The quantitative estimate of drug-likeness (QED) is 0.856. The number of nitrogens with zero attached hydrogens (tertiary/aromatic N) is 2. The number of rotatable bonds is 1. The van der Waals surface area contributed by atoms with E-state index in [9.17, 15) is 4.79 Å². The highest BCUT2D eigenvalue weighted by Crippen LogP contribution is 2.31. The summed E-state index contributed by atoms with van der Waals surface area (Å²) in [4.78, 5) is 18.2. The molecule has 110 valence electrons. The van der Waals surface area contributed by atoms with Gasteiger partial charge in [0.1, 0.15) is 5.60 Å². The highest BCUT2D eigenvalue weighted by molar-refractivity contribution is 5.69. The summed E-state index contributed by atoms with van der Waals surface area (Å²) in [5.74, 6) is 0. The molecular formula is C15H23N3O2. The highest BCUT2D eigenvalue weighted by atomic mass is 16.6. The van der Waals surface area contributed by atoms with Gasteiger partial charge in [-0.2, -0.15) is 0 Å². The SMILES string of the molecule is CC(C)(C)OC(=O)N1CCCC(N)C1c1cccnc1. The lowest BCUT2D eigenvalue weighted by atomic mass is 9.92. The molecule has 1 aliphatic rings. The minimum absolute atomic E-state index is 0.0829. The summed E-state index contributed by atoms with van der Waals surface area (Å²) in [5, 5.41) is 0. The Hall–Kier alpha value is -1.62. The van der Waals surface area contributed by atoms with Crippen molar-refractivity contribution in [2.45, 2.75) is 51.3 Å². The Morgan fingerprint density at radius 2 is 2.25 bits per heavy atom. The largest absolute Gasteiger partial charge is 0.444 e. The van der Waals surface area contributed by atoms with Gasteiger partial charge in [-0.05, 0) is 45.2 Å². The molecule has 2 heterocycles. The lowest BCUT2D eigenvalue weighted by Crippen LogP contribution is -2.49. The lowest BCUT2D eigenvalue weighted by molar-refractivity contribution is 0.00642. The highest BCUT2D eigenvalue weighted by Gasteiger charge is 2.35. The number of likely N-dealkylation sites (tertiary alicyclic amines) is 1. The molecular weight excluding hydrogens is 254 g/mol. The molecule has 1 saturated heterocycles. The molecule has 2 unspecified atom stereocenters. The second kappa shape index (κ2) is 5.79. The van der Waals surface area contributed by atoms with Gasteiger partial charge < -0.3 is 10.5 Å². The minimum atomic E-state index is -0.502. The van der Waals surface area contributed by atoms with Crippen molar-refractivity contribution < 1.29 is 9.53 Å². The van der Waals surface area contributed by atoms with Crippen LogP contribution < -0.4 is 5.73 Å². The molecule has 1 aliphatic heterocycles. The third-order valence-electron chi connectivity index (χ3n) is 3.33. The van der Waals surface area contributed by atoms with Gasteiger partial charge in [-0.1, -0.05) is 6.07 Å². The molecule has 0 bridgehead atoms. The van der Waals surface area contributed by atoms with Crippen LogP contribution in [0.3, 0.4) is 0 Å². The molecule has 20 heavy (non-hydrogen) atoms. The van der Waals surface area contributed by atoms with E-state index in [0.717, 1.165) is 18.4 Å². The molecule has 5 heteroatoms. The van der Waals surface area contributed by atoms with Crippen molar-refractivity contribution in [1.82, 2.24) is 9.88 Å². The topological polar surface area (TPSA) is 68.5 Å². The average Bonchev–Trinajstić information content (AvgIpc) is 2.37. The molecule has 1 fully saturated rings. The normalized spacial score (nSPS) is 23.5. The summed E-state index contributed by atoms with van der Waals surface area (Å²) >= 11 is 0. The summed E-state index contributed by atoms with van der Waals surface area (Å²) in [6.45, 7) is 6.28. The summed E-state index contributed by atoms with van der Waals surface area (Å²) in [5.41, 5.74) is 6.69. The first-order chi connectivity index (χ1) is 9.38. The fourth-order valence-electron chi connectivity index (χ4n) is 2.53. The van der Waals surface area contributed by atoms with E-state index >= 15 is 0 Å². The Bertz CT molecular complexity index is 456. The predicted molar refractivity (Wildman–Crippen MR) is 77.1 cm³/mol. The molecule has 0 aromatic carbocycles. The molecule has 2 rings (SSSR count). The van der Waals surface area contributed by atoms with Gasteiger partial charge in [0, 0.05) is 25.0 Å². The summed E-state index contributed by atoms with van der Waals surface area (Å²) in [6, 6.07) is 3.58. The van der Waals surface area contributed by atoms with Crippen molar-refractivity contribution >= 4 is 6.09 Å². The van der Waals surface area contributed by atoms with Gasteiger partial charge >= 0.3 is 6.09 Å². The van der Waals surface area contributed by atoms with Crippen LogP contribution in [0.4, 0.5) is 4.79 Å². The number of carbonyl (C=O) groups excluding carboxylic acids is 1. The van der Waals surface area contributed by atoms with E-state index in [2.05, 4.69) is 4.98 Å². The molecule has 0 saturated carbocycles. The van der Waals surface area contributed by atoms with Gasteiger partial charge in [0.2, 0.25) is 0 Å². The molecule has 1 aromatic heterocycles. The Morgan fingerprint density at radius 1 is 1.50 bits per heavy atom. The summed E-state index contributed by atoms with van der Waals surface area (Å²) in [7, 11) is 0. The third kappa shape index (κ3) is 3.48. The van der Waals surface area contributed by atoms with Crippen LogP contribution in [0.1, 0.15) is 45.2 Å². The van der Waals surface area contributed by atoms with E-state index in [1.165, 1.54) is 0 Å². The number of amides is 1. The fraction of sp³-hybridized carbons (Fsp3) is 0.600. The first-order valence-corrected chi connectivity index (χ1v) is 7.03. The van der Waals surface area contributed by atoms with E-state index in [0.29, 0.717) is 6.54 Å². The molecule has 1 aromatic rings. The number of hydrogen-bond acceptors (Lipinski definition) is 4. The maximum atomic E-state index is 12.4. The Labute approximate surface area is 120 Å². The van der Waals surface area contributed by atoms with Gasteiger partial charge in [0.25, 0.3) is 0 Å². The van der Waals surface area contributed by atoms with Crippen LogP contribution in [0, 0.1) is 0 Å². The maximum Gasteiger partial charge on any atom is 0.410 e. The maximum absolute atomic E-state index is 12.4. The number of nitrogens with two attached hydrogens (primary N) is 1. The van der Waals surface area contributed by atoms with E-state index in [1.807, 2.05) is 32.9 Å². The van der Waals surface area contributed by atoms with Gasteiger partial charge in [0.15, 0.2) is 0 Å². The minimum Gasteiger partial charge on any atom is -0.444 e. The Balaban J connectivity index is 2.23. The van der Waals surface area contributed by atoms with Crippen molar-refractivity contribution in [3.63, 3.8) is 0 Å². The summed E-state index contributed by atoms with van der Waals surface area (Å²) in [6.07, 6.45) is 4.99. The van der Waals surface area contributed by atoms with Gasteiger partial charge in [-0.25, -0.2) is 4.79 Å². The van der Waals surface area contributed by atoms with Gasteiger partial charge in [-0.3, -0.25) is 9.88 Å². The van der Waals surface area contributed by atoms with Crippen molar-refractivity contribution in [3.05, 3.63) is 30.1 Å². The fourth-order valence-corrected chi connectivity index (χ4v) is 2.53. The molecule has 1 amide bonds. The van der Waals surface area contributed by atoms with Crippen LogP contribution in [-0.4, -0.2) is 34.2 Å². The second-order valence-corrected chi connectivity index (χ2v) is 6.21. The molecule has 0 spiro atoms. The number of carbonyl (C=O) groups is 1. The first kappa shape index (κ1) is 14.8. The van der Waals surface area contributed by atoms with Gasteiger partial charge in [-0.15, -0.1) is 0 Å². The first-order valence-electron chi connectivity index (χ1n) is 7.03. The van der Waals surface area contributed by atoms with Crippen molar-refractivity contribution in [1.29, 1.82) is 0 Å². The van der Waals surface area contributed by atoms with E-state index < -0.39 is 5.60 Å². The van der Waals surface area contributed by atoms with Crippen LogP contribution in [0.15, 0.2) is 24.5 Å². The lowest BCUT2D eigenvalue weighted by Gasteiger charge is -2.40. The van der Waals surface area contributed by atoms with Crippen molar-refractivity contribution in [2.75, 3.05) is 6.54 Å². The molecule has 2 N–H and O–H groups in total. The summed E-state index contributed by atoms with van der Waals surface area (Å²) < 4.78 is 5.49. The number of aromatic nitrogens is 1. The monoisotopic (exact) mass is 277 g/mol. The molecule has 2 atom stereocenters. The number of pyridine rings is 1. The number of ether oxygens (including phenoxy) is 1. The van der Waals surface area contributed by atoms with E-state index in [1.54, 1.807) is 17.3 Å². The zero-order valence-electron chi connectivity index (χ0n) is 12.4. The van der Waals surface area contributed by atoms with Crippen LogP contribution in [-0.2, 0) is 4.74 Å². The van der Waals surface area contributed by atoms with E-state index in [4.69, 9.17) is 10.5 Å². The Morgan fingerprint density at radius 3 is 2.85 bits per heavy atom. The van der Waals surface area contributed by atoms with Gasteiger partial charge in [0.05, 0.1) is 6.04 Å². The van der Waals surface area contributed by atoms with E-state index in [-0.39, 0.29) is 18.2 Å². The number of piperidine rings is 1. The molecule has 0 radical (unpaired) electrons. The number of hydrogen-bond donors (Lipinski definition) is 1. The Kier molecular flexibility index (Phi) is 4.28. The van der Waals surface area contributed by atoms with Crippen LogP contribution in [0.25, 0.3) is 0 Å². The second-order valence-electron chi connectivity index (χ2n) is 6.21. The van der Waals surface area contributed by atoms with Crippen molar-refractivity contribution in [3.8, 4) is 0 Å². The van der Waals surface area contributed by atoms with Crippen LogP contribution in [0.5, 0.6) is 0 Å². The molecule has 5 nitrogen and oxygen atoms in total. The standard InChI is InChI=1S/C15H23N3O2/c1-15(2,3)20-14(19)18-9-5-7-12(16)13(18)11-6-4-8-17-10-11/h4,6,8,10,12-13H,5,7,9,16H2,1-3H3. The van der Waals surface area contributed by atoms with Crippen LogP contribution >= 0.6 is 0 Å². The van der Waals surface area contributed by atoms with Crippen molar-refractivity contribution in [2.24, 2.45) is 5.73 Å².